The van der Waals surface area contributed by atoms with E-state index in [2.05, 4.69) is 13.8 Å². The number of unbranched alkanes of at least 4 members (excludes halogenated alkanes) is 13. The zero-order valence-electron chi connectivity index (χ0n) is 17.4. The lowest BCUT2D eigenvalue weighted by atomic mass is 10.0. The molecule has 2 unspecified atom stereocenters. The van der Waals surface area contributed by atoms with Crippen molar-refractivity contribution in [3.63, 3.8) is 0 Å². The van der Waals surface area contributed by atoms with Crippen molar-refractivity contribution in [1.29, 1.82) is 0 Å². The summed E-state index contributed by atoms with van der Waals surface area (Å²) < 4.78 is 11.4. The molecule has 0 N–H and O–H groups in total. The topological polar surface area (TPSA) is 21.8 Å². The van der Waals surface area contributed by atoms with Gasteiger partial charge in [-0.05, 0) is 12.8 Å². The van der Waals surface area contributed by atoms with Crippen molar-refractivity contribution in [3.8, 4) is 0 Å². The van der Waals surface area contributed by atoms with Crippen LogP contribution in [0.1, 0.15) is 123 Å². The molecule has 1 rings (SSSR count). The predicted octanol–water partition coefficient (Wildman–Crippen LogP) is 7.44. The average molecular weight is 355 g/mol. The van der Waals surface area contributed by atoms with Crippen LogP contribution in [0.2, 0.25) is 0 Å². The van der Waals surface area contributed by atoms with Crippen molar-refractivity contribution in [2.75, 3.05) is 13.2 Å². The van der Waals surface area contributed by atoms with Crippen LogP contribution >= 0.6 is 0 Å². The molecule has 0 spiro atoms. The molecule has 2 nitrogen and oxygen atoms in total. The molecule has 2 atom stereocenters. The number of hydrogen-bond donors (Lipinski definition) is 0. The number of hydrogen-bond acceptors (Lipinski definition) is 2. The van der Waals surface area contributed by atoms with E-state index in [0.29, 0.717) is 12.2 Å². The van der Waals surface area contributed by atoms with Gasteiger partial charge in [0.2, 0.25) is 0 Å². The Morgan fingerprint density at radius 2 is 1.08 bits per heavy atom. The largest absolute Gasteiger partial charge is 0.375 e. The molecular weight excluding hydrogens is 308 g/mol. The van der Waals surface area contributed by atoms with E-state index in [9.17, 15) is 0 Å². The third kappa shape index (κ3) is 15.9. The van der Waals surface area contributed by atoms with Gasteiger partial charge in [-0.25, -0.2) is 0 Å². The Bertz CT molecular complexity index is 263. The van der Waals surface area contributed by atoms with Crippen LogP contribution in [0.25, 0.3) is 0 Å². The van der Waals surface area contributed by atoms with Crippen molar-refractivity contribution in [2.24, 2.45) is 0 Å². The van der Waals surface area contributed by atoms with E-state index in [-0.39, 0.29) is 0 Å². The molecule has 0 radical (unpaired) electrons. The smallest absolute Gasteiger partial charge is 0.104 e. The third-order valence-corrected chi connectivity index (χ3v) is 5.43. The lowest BCUT2D eigenvalue weighted by molar-refractivity contribution is 0.0288. The maximum atomic E-state index is 6.14. The monoisotopic (exact) mass is 354 g/mol. The van der Waals surface area contributed by atoms with Crippen LogP contribution in [0.15, 0.2) is 0 Å². The molecule has 0 aliphatic carbocycles. The highest BCUT2D eigenvalue weighted by molar-refractivity contribution is 4.69. The van der Waals surface area contributed by atoms with Crippen molar-refractivity contribution in [3.05, 3.63) is 0 Å². The van der Waals surface area contributed by atoms with Gasteiger partial charge in [-0.15, -0.1) is 0 Å². The normalized spacial score (nSPS) is 17.8. The summed E-state index contributed by atoms with van der Waals surface area (Å²) in [6.45, 7) is 6.33. The summed E-state index contributed by atoms with van der Waals surface area (Å²) >= 11 is 0. The molecule has 1 aliphatic heterocycles. The summed E-state index contributed by atoms with van der Waals surface area (Å²) in [7, 11) is 0. The van der Waals surface area contributed by atoms with E-state index in [1.54, 1.807) is 0 Å². The van der Waals surface area contributed by atoms with Crippen molar-refractivity contribution in [1.82, 2.24) is 0 Å². The van der Waals surface area contributed by atoms with Crippen molar-refractivity contribution >= 4 is 0 Å². The highest BCUT2D eigenvalue weighted by atomic mass is 16.6. The van der Waals surface area contributed by atoms with E-state index >= 15 is 0 Å². The number of epoxide rings is 1. The minimum absolute atomic E-state index is 0.412. The van der Waals surface area contributed by atoms with Gasteiger partial charge in [0, 0.05) is 0 Å². The summed E-state index contributed by atoms with van der Waals surface area (Å²) in [5.41, 5.74) is 0. The summed E-state index contributed by atoms with van der Waals surface area (Å²) in [6.07, 6.45) is 24.4. The van der Waals surface area contributed by atoms with Crippen LogP contribution in [-0.4, -0.2) is 25.4 Å². The van der Waals surface area contributed by atoms with Gasteiger partial charge < -0.3 is 9.47 Å². The van der Waals surface area contributed by atoms with Gasteiger partial charge in [-0.1, -0.05) is 110 Å². The molecule has 0 bridgehead atoms. The highest BCUT2D eigenvalue weighted by Crippen LogP contribution is 2.19. The van der Waals surface area contributed by atoms with Gasteiger partial charge in [0.15, 0.2) is 0 Å². The van der Waals surface area contributed by atoms with Crippen molar-refractivity contribution < 1.29 is 9.47 Å². The molecule has 150 valence electrons. The van der Waals surface area contributed by atoms with Crippen LogP contribution in [0.5, 0.6) is 0 Å². The Labute approximate surface area is 158 Å². The summed E-state index contributed by atoms with van der Waals surface area (Å²) in [4.78, 5) is 0. The second kappa shape index (κ2) is 17.3. The zero-order chi connectivity index (χ0) is 18.0. The van der Waals surface area contributed by atoms with Crippen LogP contribution in [-0.2, 0) is 9.47 Å². The van der Waals surface area contributed by atoms with Gasteiger partial charge in [-0.2, -0.15) is 0 Å². The van der Waals surface area contributed by atoms with Crippen LogP contribution in [0.4, 0.5) is 0 Å². The maximum absolute atomic E-state index is 6.14. The maximum Gasteiger partial charge on any atom is 0.104 e. The second-order valence-corrected chi connectivity index (χ2v) is 8.08. The second-order valence-electron chi connectivity index (χ2n) is 8.08. The summed E-state index contributed by atoms with van der Waals surface area (Å²) in [5, 5.41) is 0. The Kier molecular flexibility index (Phi) is 15.9. The molecule has 0 aromatic rings. The highest BCUT2D eigenvalue weighted by Gasteiger charge is 2.24. The molecular formula is C23H46O2. The van der Waals surface area contributed by atoms with E-state index < -0.39 is 0 Å². The third-order valence-electron chi connectivity index (χ3n) is 5.43. The molecule has 0 aromatic carbocycles. The average Bonchev–Trinajstić information content (AvgIpc) is 3.44. The first-order valence-corrected chi connectivity index (χ1v) is 11.6. The zero-order valence-corrected chi connectivity index (χ0v) is 17.4. The molecule has 0 saturated carbocycles. The van der Waals surface area contributed by atoms with Crippen molar-refractivity contribution in [2.45, 2.75) is 135 Å². The lowest BCUT2D eigenvalue weighted by Gasteiger charge is -2.17. The summed E-state index contributed by atoms with van der Waals surface area (Å²) in [5.74, 6) is 0. The van der Waals surface area contributed by atoms with Gasteiger partial charge >= 0.3 is 0 Å². The van der Waals surface area contributed by atoms with Gasteiger partial charge in [-0.3, -0.25) is 0 Å². The first-order chi connectivity index (χ1) is 12.4. The molecule has 1 heterocycles. The van der Waals surface area contributed by atoms with Crippen LogP contribution in [0.3, 0.4) is 0 Å². The first kappa shape index (κ1) is 23.0. The molecule has 25 heavy (non-hydrogen) atoms. The van der Waals surface area contributed by atoms with E-state index in [0.717, 1.165) is 13.2 Å². The molecule has 0 amide bonds. The molecule has 2 heteroatoms. The molecule has 1 aliphatic rings. The predicted molar refractivity (Wildman–Crippen MR) is 109 cm³/mol. The SMILES string of the molecule is CCCCCCCCCCCC(CCCCCCCC)OCC1CO1. The number of rotatable bonds is 20. The lowest BCUT2D eigenvalue weighted by Crippen LogP contribution is -2.16. The Morgan fingerprint density at radius 3 is 1.48 bits per heavy atom. The van der Waals surface area contributed by atoms with Crippen LogP contribution in [0, 0.1) is 0 Å². The standard InChI is InChI=1S/C23H46O2/c1-3-5-7-9-11-12-13-15-17-19-22(24-20-23-21-25-23)18-16-14-10-8-6-4-2/h22-23H,3-21H2,1-2H3. The van der Waals surface area contributed by atoms with Gasteiger partial charge in [0.25, 0.3) is 0 Å². The Morgan fingerprint density at radius 1 is 0.680 bits per heavy atom. The van der Waals surface area contributed by atoms with E-state index in [1.165, 1.54) is 109 Å². The minimum Gasteiger partial charge on any atom is -0.375 e. The number of ether oxygens (including phenoxy) is 2. The first-order valence-electron chi connectivity index (χ1n) is 11.6. The van der Waals surface area contributed by atoms with Gasteiger partial charge in [0.1, 0.15) is 6.10 Å². The quantitative estimate of drug-likeness (QED) is 0.167. The fraction of sp³-hybridized carbons (Fsp3) is 1.00. The summed E-state index contributed by atoms with van der Waals surface area (Å²) in [6, 6.07) is 0. The Hall–Kier alpha value is -0.0800. The Balaban J connectivity index is 1.97. The van der Waals surface area contributed by atoms with Gasteiger partial charge in [0.05, 0.1) is 19.3 Å². The van der Waals surface area contributed by atoms with E-state index in [1.807, 2.05) is 0 Å². The molecule has 1 saturated heterocycles. The minimum atomic E-state index is 0.412. The molecule has 1 fully saturated rings. The van der Waals surface area contributed by atoms with E-state index in [4.69, 9.17) is 9.47 Å². The fourth-order valence-corrected chi connectivity index (χ4v) is 3.55. The molecule has 0 aromatic heterocycles. The van der Waals surface area contributed by atoms with Crippen LogP contribution < -0.4 is 0 Å². The fourth-order valence-electron chi connectivity index (χ4n) is 3.55.